The van der Waals surface area contributed by atoms with Crippen LogP contribution < -0.4 is 5.32 Å². The Labute approximate surface area is 727 Å². The molecule has 4 fully saturated rings. The van der Waals surface area contributed by atoms with Crippen LogP contribution in [0.25, 0.3) is 0 Å². The first-order valence-corrected chi connectivity index (χ1v) is 41.5. The highest BCUT2D eigenvalue weighted by atomic mass is 16.7. The number of nitrogens with one attached hydrogen (secondary N) is 1. The fourth-order valence-electron chi connectivity index (χ4n) is 13.3. The predicted octanol–water partition coefficient (Wildman–Crippen LogP) is 4.39. The Bertz CT molecular complexity index is 4020. The number of hydroxylamine groups is 2. The van der Waals surface area contributed by atoms with Crippen molar-refractivity contribution in [3.8, 4) is 0 Å². The summed E-state index contributed by atoms with van der Waals surface area (Å²) in [6.45, 7) is 38.2. The molecule has 36 nitrogen and oxygen atoms in total. The van der Waals surface area contributed by atoms with Crippen LogP contribution in [0, 0.1) is 0 Å². The highest BCUT2D eigenvalue weighted by Crippen LogP contribution is 2.20. The molecule has 0 spiro atoms. The average Bonchev–Trinajstić information content (AvgIpc) is 1.75. The number of ether oxygens (including phenoxy) is 4. The van der Waals surface area contributed by atoms with Gasteiger partial charge in [0.15, 0.2) is 0 Å². The van der Waals surface area contributed by atoms with Crippen molar-refractivity contribution in [3.05, 3.63) is 130 Å². The Hall–Kier alpha value is -10.6. The topological polar surface area (TPSA) is 414 Å². The first-order valence-electron chi connectivity index (χ1n) is 41.5. The van der Waals surface area contributed by atoms with Gasteiger partial charge in [0, 0.05) is 200 Å². The molecule has 7 amide bonds. The van der Waals surface area contributed by atoms with Gasteiger partial charge in [0.05, 0.1) is 50.4 Å². The third-order valence-corrected chi connectivity index (χ3v) is 19.3. The maximum Gasteiger partial charge on any atom is 0.363 e. The van der Waals surface area contributed by atoms with Gasteiger partial charge in [-0.15, -0.1) is 5.06 Å². The summed E-state index contributed by atoms with van der Waals surface area (Å²) in [6.07, 6.45) is 5.89. The fourth-order valence-corrected chi connectivity index (χ4v) is 13.3. The minimum absolute atomic E-state index is 0. The number of carboxylic acid groups (broad SMARTS) is 3. The number of aromatic carboxylic acids is 1. The third kappa shape index (κ3) is 39.9. The molecule has 0 radical (unpaired) electrons. The van der Waals surface area contributed by atoms with E-state index in [1.54, 1.807) is 48.5 Å². The molecule has 0 saturated carbocycles. The monoisotopic (exact) mass is 1740 g/mol. The summed E-state index contributed by atoms with van der Waals surface area (Å²) in [5, 5.41) is 30.7. The van der Waals surface area contributed by atoms with E-state index in [1.807, 2.05) is 134 Å². The standard InChI is InChI=1S/C30H44N4O8.C26H41N3O6.C24H31N5O7.C7H9NO2.CH4/c1-29(2,3)40-26(37)20-32-15-13-31(14-16-33(18-17-32)21-27(38)41-30(4,5)6)19-22-7-9-23(10-8-22)28(39)42-34-24(35)11-12-25(34)36;1-25(2,3)34-22(30)18-28-13-11-27(17-20-7-9-21(10-8-20)24(32)33)12-14-29(16-15-28)19-23(31)35-26(4,5)6;30-20-5-6-21(31)29(20)8-7-25-24(36)19-3-1-18(2-4-19)15-26-9-11-27(16-22(32)33)13-14-28(12-10-26)17-23(34)35;1-2-5-8-6(9)3-4-7(8)10;/h7-10H,11-21H2,1-6H3;7-10H,11-19H2,1-6H3,(H,32,33);1-6H,7-17H2,(H,25,36)(H,32,33)(H,34,35);3-4H,2,5H2,1H3;1H4. The molecule has 9 rings (SSSR count). The second kappa shape index (κ2) is 49.8. The van der Waals surface area contributed by atoms with Gasteiger partial charge in [-0.3, -0.25) is 116 Å². The zero-order valence-electron chi connectivity index (χ0n) is 73.4. The van der Waals surface area contributed by atoms with Crippen LogP contribution in [0.3, 0.4) is 0 Å². The Morgan fingerprint density at radius 1 is 0.347 bits per heavy atom. The van der Waals surface area contributed by atoms with Crippen LogP contribution >= 0.6 is 0 Å². The lowest BCUT2D eigenvalue weighted by Crippen LogP contribution is -2.42. The first kappa shape index (κ1) is 104. The van der Waals surface area contributed by atoms with Gasteiger partial charge in [-0.1, -0.05) is 50.7 Å². The lowest BCUT2D eigenvalue weighted by Gasteiger charge is -2.27. The van der Waals surface area contributed by atoms with Gasteiger partial charge < -0.3 is 44.4 Å². The van der Waals surface area contributed by atoms with Gasteiger partial charge in [0.1, 0.15) is 22.4 Å². The molecule has 4 N–H and O–H groups in total. The molecule has 6 aliphatic rings. The van der Waals surface area contributed by atoms with E-state index in [0.717, 1.165) is 41.1 Å². The number of imide groups is 3. The Morgan fingerprint density at radius 3 is 0.855 bits per heavy atom. The van der Waals surface area contributed by atoms with Crippen LogP contribution in [0.1, 0.15) is 164 Å². The van der Waals surface area contributed by atoms with Crippen molar-refractivity contribution in [2.75, 3.05) is 177 Å². The summed E-state index contributed by atoms with van der Waals surface area (Å²) < 4.78 is 22.1. The van der Waals surface area contributed by atoms with Crippen molar-refractivity contribution >= 4 is 89.1 Å². The van der Waals surface area contributed by atoms with E-state index in [-0.39, 0.29) is 125 Å². The number of nitrogens with zero attached hydrogens (tertiary/aromatic N) is 12. The molecule has 4 saturated heterocycles. The van der Waals surface area contributed by atoms with E-state index < -0.39 is 69.9 Å². The van der Waals surface area contributed by atoms with Crippen molar-refractivity contribution in [1.29, 1.82) is 0 Å². The van der Waals surface area contributed by atoms with Crippen LogP contribution in [0.2, 0.25) is 0 Å². The molecular weight excluding hydrogens is 1610 g/mol. The number of carboxylic acids is 3. The number of hydrogen-bond acceptors (Lipinski definition) is 29. The Balaban J connectivity index is 0.000000312. The summed E-state index contributed by atoms with van der Waals surface area (Å²) >= 11 is 0. The highest BCUT2D eigenvalue weighted by molar-refractivity contribution is 6.13. The molecule has 6 heterocycles. The molecule has 3 aromatic rings. The molecule has 36 heteroatoms. The summed E-state index contributed by atoms with van der Waals surface area (Å²) in [5.41, 5.74) is 1.57. The molecule has 124 heavy (non-hydrogen) atoms. The number of hydrogen-bond donors (Lipinski definition) is 4. The van der Waals surface area contributed by atoms with E-state index in [0.29, 0.717) is 142 Å². The maximum atomic E-state index is 12.6. The Kier molecular flexibility index (Phi) is 41.8. The van der Waals surface area contributed by atoms with E-state index >= 15 is 0 Å². The van der Waals surface area contributed by atoms with Gasteiger partial charge in [0.25, 0.3) is 41.4 Å². The number of aliphatic carboxylic acids is 2. The van der Waals surface area contributed by atoms with Gasteiger partial charge >= 0.3 is 47.8 Å². The number of benzene rings is 3. The number of rotatable bonds is 27. The van der Waals surface area contributed by atoms with Crippen LogP contribution in [-0.2, 0) is 101 Å². The number of amides is 7. The van der Waals surface area contributed by atoms with Crippen molar-refractivity contribution in [2.45, 2.75) is 159 Å². The van der Waals surface area contributed by atoms with Gasteiger partial charge in [-0.05, 0) is 143 Å². The minimum atomic E-state index is -0.949. The van der Waals surface area contributed by atoms with Crippen LogP contribution in [0.15, 0.2) is 97.1 Å². The van der Waals surface area contributed by atoms with Gasteiger partial charge in [0.2, 0.25) is 0 Å². The molecule has 0 aromatic heterocycles. The first-order chi connectivity index (χ1) is 57.7. The maximum absolute atomic E-state index is 12.6. The molecule has 684 valence electrons. The highest BCUT2D eigenvalue weighted by Gasteiger charge is 2.35. The summed E-state index contributed by atoms with van der Waals surface area (Å²) in [6, 6.07) is 20.7. The number of carbonyl (C=O) groups is 15. The van der Waals surface area contributed by atoms with Gasteiger partial charge in [-0.2, -0.15) is 0 Å². The van der Waals surface area contributed by atoms with E-state index in [2.05, 4.69) is 29.8 Å². The smallest absolute Gasteiger partial charge is 0.363 e. The SMILES string of the molecule is C.CC(C)(C)OC(=O)CN1CCN(CC(=O)OC(C)(C)C)CCN(Cc2ccc(C(=O)O)cc2)CC1.CC(C)(C)OC(=O)CN1CCN(CC(=O)OC(C)(C)C)CCN(Cc2ccc(C(=O)ON3C(=O)CCC3=O)cc2)CC1.CCCN1C(=O)C=CC1=O.O=C(O)CN1CCN(CC(=O)O)CCN(Cc2ccc(C(=O)NCCN3C(=O)C=CC3=O)cc2)CC1. The largest absolute Gasteiger partial charge is 0.480 e. The fraction of sp³-hybridized carbons (Fsp3) is 0.580. The summed E-state index contributed by atoms with van der Waals surface area (Å²) in [7, 11) is 0. The zero-order chi connectivity index (χ0) is 90.9. The van der Waals surface area contributed by atoms with Gasteiger partial charge in [-0.25, -0.2) is 9.59 Å². The molecule has 0 atom stereocenters. The normalized spacial score (nSPS) is 17.7. The summed E-state index contributed by atoms with van der Waals surface area (Å²) in [4.78, 5) is 203. The van der Waals surface area contributed by atoms with E-state index in [9.17, 15) is 82.1 Å². The van der Waals surface area contributed by atoms with E-state index in [1.165, 1.54) is 29.2 Å². The van der Waals surface area contributed by atoms with E-state index in [4.69, 9.17) is 28.9 Å². The van der Waals surface area contributed by atoms with Crippen LogP contribution in [0.4, 0.5) is 0 Å². The number of carbonyl (C=O) groups excluding carboxylic acids is 12. The zero-order valence-corrected chi connectivity index (χ0v) is 73.4. The third-order valence-electron chi connectivity index (χ3n) is 19.3. The quantitative estimate of drug-likeness (QED) is 0.0467. The average molecular weight is 1740 g/mol. The van der Waals surface area contributed by atoms with Crippen molar-refractivity contribution in [3.63, 3.8) is 0 Å². The summed E-state index contributed by atoms with van der Waals surface area (Å²) in [5.74, 6) is -7.24. The number of esters is 4. The molecule has 0 unspecified atom stereocenters. The molecule has 6 aliphatic heterocycles. The molecular formula is C88H129N13O23. The van der Waals surface area contributed by atoms with Crippen LogP contribution in [0.5, 0.6) is 0 Å². The Morgan fingerprint density at radius 2 is 0.597 bits per heavy atom. The lowest BCUT2D eigenvalue weighted by atomic mass is 10.1. The van der Waals surface area contributed by atoms with Crippen molar-refractivity contribution < 1.29 is 111 Å². The van der Waals surface area contributed by atoms with Crippen molar-refractivity contribution in [1.82, 2.24) is 64.3 Å². The second-order valence-electron chi connectivity index (χ2n) is 34.6. The molecule has 0 aliphatic carbocycles. The van der Waals surface area contributed by atoms with Crippen molar-refractivity contribution in [2.24, 2.45) is 0 Å². The molecule has 0 bridgehead atoms. The minimum Gasteiger partial charge on any atom is -0.480 e. The second-order valence-corrected chi connectivity index (χ2v) is 34.6. The predicted molar refractivity (Wildman–Crippen MR) is 457 cm³/mol. The molecule has 3 aromatic carbocycles. The lowest BCUT2D eigenvalue weighted by molar-refractivity contribution is -0.173. The van der Waals surface area contributed by atoms with Crippen LogP contribution in [-0.4, -0.2) is 362 Å².